The van der Waals surface area contributed by atoms with E-state index < -0.39 is 15.8 Å². The molecular weight excluding hydrogens is 308 g/mol. The molecule has 0 aliphatic carbocycles. The van der Waals surface area contributed by atoms with E-state index in [1.54, 1.807) is 0 Å². The summed E-state index contributed by atoms with van der Waals surface area (Å²) < 4.78 is 24.3. The first kappa shape index (κ1) is 15.6. The molecule has 0 heterocycles. The van der Waals surface area contributed by atoms with Crippen LogP contribution in [0.4, 0.5) is 0 Å². The van der Waals surface area contributed by atoms with E-state index >= 15 is 0 Å². The lowest BCUT2D eigenvalue weighted by molar-refractivity contribution is 0.0697. The van der Waals surface area contributed by atoms with Crippen molar-refractivity contribution in [1.29, 1.82) is 0 Å². The van der Waals surface area contributed by atoms with Gasteiger partial charge < -0.3 is 5.11 Å². The van der Waals surface area contributed by atoms with E-state index in [1.165, 1.54) is 36.0 Å². The second kappa shape index (κ2) is 6.78. The fraction of sp³-hybridized carbons (Fsp3) is 0.133. The highest BCUT2D eigenvalue weighted by atomic mass is 32.2. The number of carbonyl (C=O) groups is 1. The summed E-state index contributed by atoms with van der Waals surface area (Å²) >= 11 is 1.48. The number of carboxylic acid groups (broad SMARTS) is 1. The predicted molar refractivity (Wildman–Crippen MR) is 82.6 cm³/mol. The third kappa shape index (κ3) is 4.34. The Balaban J connectivity index is 2.00. The van der Waals surface area contributed by atoms with Crippen molar-refractivity contribution in [2.24, 2.45) is 0 Å². The van der Waals surface area contributed by atoms with Crippen LogP contribution < -0.4 is 0 Å². The molecule has 1 N–H and O–H groups in total. The predicted octanol–water partition coefficient (Wildman–Crippen LogP) is 2.95. The molecule has 6 heteroatoms. The Morgan fingerprint density at radius 1 is 1.00 bits per heavy atom. The standard InChI is InChI=1S/C15H14O4S2/c16-15(17)12-6-8-14(9-7-12)21(18,19)11-10-20-13-4-2-1-3-5-13/h1-9H,10-11H2,(H,16,17). The zero-order valence-corrected chi connectivity index (χ0v) is 12.7. The second-order valence-electron chi connectivity index (χ2n) is 4.31. The summed E-state index contributed by atoms with van der Waals surface area (Å²) in [4.78, 5) is 11.9. The van der Waals surface area contributed by atoms with Gasteiger partial charge in [0.25, 0.3) is 0 Å². The number of carboxylic acids is 1. The van der Waals surface area contributed by atoms with Crippen molar-refractivity contribution in [3.8, 4) is 0 Å². The molecule has 0 amide bonds. The van der Waals surface area contributed by atoms with Gasteiger partial charge in [0.05, 0.1) is 16.2 Å². The molecule has 0 atom stereocenters. The van der Waals surface area contributed by atoms with E-state index in [0.717, 1.165) is 4.90 Å². The first-order valence-electron chi connectivity index (χ1n) is 6.23. The van der Waals surface area contributed by atoms with Gasteiger partial charge in [-0.3, -0.25) is 0 Å². The quantitative estimate of drug-likeness (QED) is 0.828. The highest BCUT2D eigenvalue weighted by Gasteiger charge is 2.15. The van der Waals surface area contributed by atoms with Gasteiger partial charge in [-0.1, -0.05) is 18.2 Å². The molecule has 4 nitrogen and oxygen atoms in total. The molecule has 110 valence electrons. The van der Waals surface area contributed by atoms with Gasteiger partial charge in [0.2, 0.25) is 0 Å². The topological polar surface area (TPSA) is 71.4 Å². The van der Waals surface area contributed by atoms with Crippen molar-refractivity contribution < 1.29 is 18.3 Å². The summed E-state index contributed by atoms with van der Waals surface area (Å²) in [5, 5.41) is 8.79. The molecule has 0 aliphatic heterocycles. The number of aromatic carboxylic acids is 1. The highest BCUT2D eigenvalue weighted by Crippen LogP contribution is 2.19. The summed E-state index contributed by atoms with van der Waals surface area (Å²) in [5.41, 5.74) is 0.0765. The molecule has 0 saturated carbocycles. The molecule has 2 aromatic carbocycles. The van der Waals surface area contributed by atoms with Crippen LogP contribution in [-0.4, -0.2) is 31.0 Å². The minimum Gasteiger partial charge on any atom is -0.478 e. The molecule has 21 heavy (non-hydrogen) atoms. The first-order chi connectivity index (χ1) is 9.99. The molecule has 0 bridgehead atoms. The summed E-state index contributed by atoms with van der Waals surface area (Å²) in [7, 11) is -3.39. The Hall–Kier alpha value is -1.79. The smallest absolute Gasteiger partial charge is 0.335 e. The van der Waals surface area contributed by atoms with E-state index in [2.05, 4.69) is 0 Å². The molecular formula is C15H14O4S2. The Labute approximate surface area is 127 Å². The molecule has 0 fully saturated rings. The normalized spacial score (nSPS) is 11.2. The van der Waals surface area contributed by atoms with Gasteiger partial charge in [-0.25, -0.2) is 13.2 Å². The van der Waals surface area contributed by atoms with E-state index in [9.17, 15) is 13.2 Å². The van der Waals surface area contributed by atoms with Crippen LogP contribution in [0.2, 0.25) is 0 Å². The molecule has 2 rings (SSSR count). The largest absolute Gasteiger partial charge is 0.478 e. The van der Waals surface area contributed by atoms with E-state index in [-0.39, 0.29) is 16.2 Å². The zero-order chi connectivity index (χ0) is 15.3. The van der Waals surface area contributed by atoms with Crippen LogP contribution in [-0.2, 0) is 9.84 Å². The first-order valence-corrected chi connectivity index (χ1v) is 8.87. The van der Waals surface area contributed by atoms with Crippen LogP contribution in [0.3, 0.4) is 0 Å². The van der Waals surface area contributed by atoms with Gasteiger partial charge >= 0.3 is 5.97 Å². The van der Waals surface area contributed by atoms with E-state index in [1.807, 2.05) is 30.3 Å². The van der Waals surface area contributed by atoms with Gasteiger partial charge in [0.1, 0.15) is 0 Å². The molecule has 0 saturated heterocycles. The number of thioether (sulfide) groups is 1. The number of hydrogen-bond donors (Lipinski definition) is 1. The number of rotatable bonds is 6. The summed E-state index contributed by atoms with van der Waals surface area (Å²) in [5.74, 6) is -0.606. The van der Waals surface area contributed by atoms with Gasteiger partial charge in [-0.15, -0.1) is 11.8 Å². The average molecular weight is 322 g/mol. The van der Waals surface area contributed by atoms with E-state index in [4.69, 9.17) is 5.11 Å². The number of hydrogen-bond acceptors (Lipinski definition) is 4. The van der Waals surface area contributed by atoms with Crippen molar-refractivity contribution in [3.63, 3.8) is 0 Å². The van der Waals surface area contributed by atoms with Crippen LogP contribution in [0.1, 0.15) is 10.4 Å². The zero-order valence-electron chi connectivity index (χ0n) is 11.1. The third-order valence-electron chi connectivity index (χ3n) is 2.82. The van der Waals surface area contributed by atoms with Crippen LogP contribution in [0.15, 0.2) is 64.4 Å². The lowest BCUT2D eigenvalue weighted by Gasteiger charge is -2.05. The minimum absolute atomic E-state index is 0.0129. The van der Waals surface area contributed by atoms with Gasteiger partial charge in [-0.05, 0) is 36.4 Å². The van der Waals surface area contributed by atoms with Gasteiger partial charge in [-0.2, -0.15) is 0 Å². The Kier molecular flexibility index (Phi) is 5.03. The Morgan fingerprint density at radius 3 is 2.19 bits per heavy atom. The minimum atomic E-state index is -3.39. The van der Waals surface area contributed by atoms with Crippen molar-refractivity contribution in [3.05, 3.63) is 60.2 Å². The molecule has 0 aliphatic rings. The van der Waals surface area contributed by atoms with Crippen molar-refractivity contribution in [1.82, 2.24) is 0 Å². The highest BCUT2D eigenvalue weighted by molar-refractivity contribution is 8.00. The monoisotopic (exact) mass is 322 g/mol. The molecule has 0 unspecified atom stereocenters. The summed E-state index contributed by atoms with van der Waals surface area (Å²) in [6, 6.07) is 14.9. The fourth-order valence-corrected chi connectivity index (χ4v) is 4.29. The van der Waals surface area contributed by atoms with Crippen molar-refractivity contribution >= 4 is 27.6 Å². The van der Waals surface area contributed by atoms with Crippen LogP contribution >= 0.6 is 11.8 Å². The second-order valence-corrected chi connectivity index (χ2v) is 7.59. The SMILES string of the molecule is O=C(O)c1ccc(S(=O)(=O)CCSc2ccccc2)cc1. The molecule has 0 spiro atoms. The molecule has 2 aromatic rings. The van der Waals surface area contributed by atoms with E-state index in [0.29, 0.717) is 5.75 Å². The third-order valence-corrected chi connectivity index (χ3v) is 5.83. The number of sulfone groups is 1. The molecule has 0 radical (unpaired) electrons. The van der Waals surface area contributed by atoms with Gasteiger partial charge in [0, 0.05) is 10.6 Å². The van der Waals surface area contributed by atoms with Crippen LogP contribution in [0.25, 0.3) is 0 Å². The van der Waals surface area contributed by atoms with Crippen molar-refractivity contribution in [2.75, 3.05) is 11.5 Å². The van der Waals surface area contributed by atoms with Gasteiger partial charge in [0.15, 0.2) is 9.84 Å². The maximum absolute atomic E-state index is 12.1. The summed E-state index contributed by atoms with van der Waals surface area (Å²) in [6.07, 6.45) is 0. The fourth-order valence-electron chi connectivity index (χ4n) is 1.71. The summed E-state index contributed by atoms with van der Waals surface area (Å²) in [6.45, 7) is 0. The molecule has 0 aromatic heterocycles. The Bertz CT molecular complexity index is 707. The van der Waals surface area contributed by atoms with Crippen LogP contribution in [0.5, 0.6) is 0 Å². The number of benzene rings is 2. The average Bonchev–Trinajstić information content (AvgIpc) is 2.48. The maximum Gasteiger partial charge on any atom is 0.335 e. The van der Waals surface area contributed by atoms with Crippen LogP contribution in [0, 0.1) is 0 Å². The Morgan fingerprint density at radius 2 is 1.62 bits per heavy atom. The maximum atomic E-state index is 12.1. The lowest BCUT2D eigenvalue weighted by Crippen LogP contribution is -2.09. The lowest BCUT2D eigenvalue weighted by atomic mass is 10.2. The van der Waals surface area contributed by atoms with Crippen molar-refractivity contribution in [2.45, 2.75) is 9.79 Å².